The second kappa shape index (κ2) is 3.12. The molecule has 0 saturated heterocycles. The Bertz CT molecular complexity index is 702. The quantitative estimate of drug-likeness (QED) is 0.599. The lowest BCUT2D eigenvalue weighted by Gasteiger charge is -2.07. The average Bonchev–Trinajstić information content (AvgIpc) is 2.75. The second-order valence-electron chi connectivity index (χ2n) is 3.36. The summed E-state index contributed by atoms with van der Waals surface area (Å²) in [5, 5.41) is 10.1. The molecule has 0 bridgehead atoms. The molecule has 0 saturated carbocycles. The molecule has 1 aromatic carbocycles. The Morgan fingerprint density at radius 3 is 2.65 bits per heavy atom. The summed E-state index contributed by atoms with van der Waals surface area (Å²) in [5.74, 6) is 0. The smallest absolute Gasteiger partial charge is 0.238 e. The monoisotopic (exact) mass is 239 g/mol. The fraction of sp³-hybridized carbons (Fsp3) is 0.111. The number of para-hydroxylation sites is 2. The number of fused-ring (bicyclic) bond motifs is 3. The molecular weight excluding hydrogens is 235 g/mol. The molecule has 3 aromatic rings. The molecule has 3 rings (SSSR count). The maximum Gasteiger partial charge on any atom is 0.437 e. The summed E-state index contributed by atoms with van der Waals surface area (Å²) < 4.78 is 39.3. The van der Waals surface area contributed by atoms with Gasteiger partial charge in [0.1, 0.15) is 0 Å². The average molecular weight is 239 g/mol. The van der Waals surface area contributed by atoms with E-state index in [1.807, 2.05) is 0 Å². The SMILES string of the molecule is FC(F)(F)c1nc2ccccc2n2nnnc12. The van der Waals surface area contributed by atoms with Gasteiger partial charge in [-0.05, 0) is 22.6 Å². The first-order chi connectivity index (χ1) is 8.07. The van der Waals surface area contributed by atoms with Crippen LogP contribution < -0.4 is 0 Å². The van der Waals surface area contributed by atoms with E-state index in [2.05, 4.69) is 20.5 Å². The summed E-state index contributed by atoms with van der Waals surface area (Å²) in [5.41, 5.74) is -0.850. The van der Waals surface area contributed by atoms with Crippen molar-refractivity contribution in [1.82, 2.24) is 25.0 Å². The van der Waals surface area contributed by atoms with Crippen molar-refractivity contribution in [3.63, 3.8) is 0 Å². The van der Waals surface area contributed by atoms with E-state index in [0.29, 0.717) is 5.52 Å². The molecule has 8 heteroatoms. The van der Waals surface area contributed by atoms with Gasteiger partial charge in [0, 0.05) is 0 Å². The van der Waals surface area contributed by atoms with Crippen molar-refractivity contribution in [3.05, 3.63) is 30.0 Å². The maximum atomic E-state index is 12.8. The van der Waals surface area contributed by atoms with Crippen LogP contribution in [0.5, 0.6) is 0 Å². The molecule has 2 aromatic heterocycles. The second-order valence-corrected chi connectivity index (χ2v) is 3.36. The minimum Gasteiger partial charge on any atom is -0.238 e. The fourth-order valence-corrected chi connectivity index (χ4v) is 1.60. The van der Waals surface area contributed by atoms with Crippen molar-refractivity contribution in [2.24, 2.45) is 0 Å². The number of tetrazole rings is 1. The standard InChI is InChI=1S/C9H4F3N5/c10-9(11,12)7-8-14-15-16-17(8)6-4-2-1-3-5(6)13-7/h1-4H. The zero-order chi connectivity index (χ0) is 12.0. The van der Waals surface area contributed by atoms with Crippen molar-refractivity contribution < 1.29 is 13.2 Å². The molecule has 0 aliphatic rings. The zero-order valence-electron chi connectivity index (χ0n) is 8.18. The van der Waals surface area contributed by atoms with Gasteiger partial charge in [0.05, 0.1) is 11.0 Å². The van der Waals surface area contributed by atoms with Gasteiger partial charge in [0.15, 0.2) is 5.69 Å². The molecule has 0 unspecified atom stereocenters. The van der Waals surface area contributed by atoms with Crippen LogP contribution in [0.3, 0.4) is 0 Å². The Balaban J connectivity index is 2.53. The number of halogens is 3. The van der Waals surface area contributed by atoms with Crippen molar-refractivity contribution in [1.29, 1.82) is 0 Å². The first kappa shape index (κ1) is 9.94. The fourth-order valence-electron chi connectivity index (χ4n) is 1.60. The van der Waals surface area contributed by atoms with Gasteiger partial charge in [-0.15, -0.1) is 5.10 Å². The highest BCUT2D eigenvalue weighted by Crippen LogP contribution is 2.31. The molecule has 0 atom stereocenters. The molecule has 0 aliphatic carbocycles. The zero-order valence-corrected chi connectivity index (χ0v) is 8.18. The topological polar surface area (TPSA) is 56.0 Å². The molecule has 0 radical (unpaired) electrons. The Hall–Kier alpha value is -2.25. The Labute approximate surface area is 91.9 Å². The lowest BCUT2D eigenvalue weighted by molar-refractivity contribution is -0.140. The largest absolute Gasteiger partial charge is 0.437 e. The third-order valence-corrected chi connectivity index (χ3v) is 2.29. The van der Waals surface area contributed by atoms with E-state index in [1.165, 1.54) is 6.07 Å². The molecule has 17 heavy (non-hydrogen) atoms. The lowest BCUT2D eigenvalue weighted by Crippen LogP contribution is -2.11. The van der Waals surface area contributed by atoms with Gasteiger partial charge in [0.2, 0.25) is 5.65 Å². The van der Waals surface area contributed by atoms with Crippen molar-refractivity contribution in [3.8, 4) is 0 Å². The van der Waals surface area contributed by atoms with E-state index >= 15 is 0 Å². The molecule has 0 aliphatic heterocycles. The molecule has 2 heterocycles. The van der Waals surface area contributed by atoms with Crippen LogP contribution in [0, 0.1) is 0 Å². The minimum atomic E-state index is -4.58. The minimum absolute atomic E-state index is 0.194. The van der Waals surface area contributed by atoms with E-state index in [9.17, 15) is 13.2 Å². The van der Waals surface area contributed by atoms with E-state index in [1.54, 1.807) is 18.2 Å². The molecule has 0 N–H and O–H groups in total. The van der Waals surface area contributed by atoms with Crippen molar-refractivity contribution >= 4 is 16.7 Å². The van der Waals surface area contributed by atoms with Gasteiger partial charge in [-0.2, -0.15) is 17.7 Å². The highest BCUT2D eigenvalue weighted by Gasteiger charge is 2.37. The van der Waals surface area contributed by atoms with E-state index < -0.39 is 17.5 Å². The van der Waals surface area contributed by atoms with Gasteiger partial charge < -0.3 is 0 Å². The highest BCUT2D eigenvalue weighted by molar-refractivity contribution is 5.77. The lowest BCUT2D eigenvalue weighted by atomic mass is 10.3. The van der Waals surface area contributed by atoms with Gasteiger partial charge in [-0.25, -0.2) is 4.98 Å². The third kappa shape index (κ3) is 1.41. The number of hydrogen-bond donors (Lipinski definition) is 0. The maximum absolute atomic E-state index is 12.8. The number of alkyl halides is 3. The van der Waals surface area contributed by atoms with Crippen LogP contribution in [-0.4, -0.2) is 25.0 Å². The summed E-state index contributed by atoms with van der Waals surface area (Å²) in [6.45, 7) is 0. The van der Waals surface area contributed by atoms with Crippen LogP contribution in [-0.2, 0) is 6.18 Å². The first-order valence-electron chi connectivity index (χ1n) is 4.61. The van der Waals surface area contributed by atoms with Gasteiger partial charge in [-0.1, -0.05) is 12.1 Å². The molecule has 0 fully saturated rings. The summed E-state index contributed by atoms with van der Waals surface area (Å²) in [6, 6.07) is 6.36. The van der Waals surface area contributed by atoms with Crippen LogP contribution >= 0.6 is 0 Å². The van der Waals surface area contributed by atoms with Crippen LogP contribution in [0.2, 0.25) is 0 Å². The number of nitrogens with zero attached hydrogens (tertiary/aromatic N) is 5. The predicted octanol–water partition coefficient (Wildman–Crippen LogP) is 1.69. The van der Waals surface area contributed by atoms with E-state index in [-0.39, 0.29) is 5.52 Å². The van der Waals surface area contributed by atoms with Crippen molar-refractivity contribution in [2.45, 2.75) is 6.18 Å². The molecule has 5 nitrogen and oxygen atoms in total. The Kier molecular flexibility index (Phi) is 1.83. The number of hydrogen-bond acceptors (Lipinski definition) is 4. The molecule has 0 spiro atoms. The Morgan fingerprint density at radius 1 is 1.12 bits per heavy atom. The first-order valence-corrected chi connectivity index (χ1v) is 4.61. The molecular formula is C9H4F3N5. The van der Waals surface area contributed by atoms with Crippen LogP contribution in [0.4, 0.5) is 13.2 Å². The normalized spacial score (nSPS) is 12.4. The van der Waals surface area contributed by atoms with Gasteiger partial charge in [-0.3, -0.25) is 0 Å². The van der Waals surface area contributed by atoms with E-state index in [4.69, 9.17) is 0 Å². The van der Waals surface area contributed by atoms with Gasteiger partial charge >= 0.3 is 6.18 Å². The van der Waals surface area contributed by atoms with Crippen molar-refractivity contribution in [2.75, 3.05) is 0 Å². The summed E-state index contributed by atoms with van der Waals surface area (Å²) >= 11 is 0. The highest BCUT2D eigenvalue weighted by atomic mass is 19.4. The van der Waals surface area contributed by atoms with E-state index in [0.717, 1.165) is 4.52 Å². The number of aromatic nitrogens is 5. The summed E-state index contributed by atoms with van der Waals surface area (Å²) in [6.07, 6.45) is -4.58. The third-order valence-electron chi connectivity index (χ3n) is 2.29. The number of rotatable bonds is 0. The Morgan fingerprint density at radius 2 is 1.88 bits per heavy atom. The predicted molar refractivity (Wildman–Crippen MR) is 51.1 cm³/mol. The summed E-state index contributed by atoms with van der Waals surface area (Å²) in [4.78, 5) is 3.56. The number of benzene rings is 1. The van der Waals surface area contributed by atoms with Crippen LogP contribution in [0.25, 0.3) is 16.7 Å². The van der Waals surface area contributed by atoms with Crippen LogP contribution in [0.1, 0.15) is 5.69 Å². The van der Waals surface area contributed by atoms with Crippen LogP contribution in [0.15, 0.2) is 24.3 Å². The molecule has 86 valence electrons. The molecule has 0 amide bonds. The summed E-state index contributed by atoms with van der Waals surface area (Å²) in [7, 11) is 0. The van der Waals surface area contributed by atoms with Gasteiger partial charge in [0.25, 0.3) is 0 Å².